The molecular formula is C15H29N3O. The number of hydrogen-bond donors (Lipinski definition) is 1. The normalized spacial score (nSPS) is 25.5. The lowest BCUT2D eigenvalue weighted by Gasteiger charge is -2.38. The van der Waals surface area contributed by atoms with E-state index < -0.39 is 0 Å². The van der Waals surface area contributed by atoms with E-state index in [1.165, 1.54) is 25.7 Å². The van der Waals surface area contributed by atoms with Crippen LogP contribution >= 0.6 is 0 Å². The molecule has 2 saturated heterocycles. The van der Waals surface area contributed by atoms with Crippen molar-refractivity contribution in [2.45, 2.75) is 51.6 Å². The Bertz CT molecular complexity index is 294. The van der Waals surface area contributed by atoms with Crippen LogP contribution in [-0.4, -0.2) is 61.0 Å². The zero-order valence-electron chi connectivity index (χ0n) is 12.7. The van der Waals surface area contributed by atoms with E-state index in [2.05, 4.69) is 24.1 Å². The molecule has 2 atom stereocenters. The molecule has 0 spiro atoms. The van der Waals surface area contributed by atoms with Crippen molar-refractivity contribution in [1.29, 1.82) is 0 Å². The number of carbonyl (C=O) groups is 1. The highest BCUT2D eigenvalue weighted by atomic mass is 16.2. The van der Waals surface area contributed by atoms with E-state index in [1.807, 2.05) is 11.9 Å². The summed E-state index contributed by atoms with van der Waals surface area (Å²) in [7, 11) is 2.04. The maximum Gasteiger partial charge on any atom is 0.239 e. The Kier molecular flexibility index (Phi) is 5.22. The molecule has 0 aromatic rings. The fraction of sp³-hybridized carbons (Fsp3) is 0.933. The minimum absolute atomic E-state index is 0.0731. The van der Waals surface area contributed by atoms with Gasteiger partial charge >= 0.3 is 0 Å². The van der Waals surface area contributed by atoms with E-state index in [-0.39, 0.29) is 6.04 Å². The van der Waals surface area contributed by atoms with Gasteiger partial charge in [-0.05, 0) is 65.6 Å². The van der Waals surface area contributed by atoms with E-state index in [0.29, 0.717) is 11.9 Å². The lowest BCUT2D eigenvalue weighted by Crippen LogP contribution is -2.50. The Balaban J connectivity index is 1.81. The molecule has 0 saturated carbocycles. The largest absolute Gasteiger partial charge is 0.341 e. The predicted molar refractivity (Wildman–Crippen MR) is 78.1 cm³/mol. The Labute approximate surface area is 117 Å². The molecule has 4 heteroatoms. The molecule has 0 aromatic carbocycles. The summed E-state index contributed by atoms with van der Waals surface area (Å²) in [4.78, 5) is 16.8. The summed E-state index contributed by atoms with van der Waals surface area (Å²) in [5, 5.41) is 3.35. The minimum atomic E-state index is 0.0731. The van der Waals surface area contributed by atoms with Gasteiger partial charge in [-0.15, -0.1) is 0 Å². The fourth-order valence-electron chi connectivity index (χ4n) is 3.40. The van der Waals surface area contributed by atoms with Crippen LogP contribution < -0.4 is 5.32 Å². The van der Waals surface area contributed by atoms with Crippen LogP contribution in [0.5, 0.6) is 0 Å². The molecule has 2 unspecified atom stereocenters. The molecule has 2 aliphatic heterocycles. The quantitative estimate of drug-likeness (QED) is 0.834. The Morgan fingerprint density at radius 2 is 1.68 bits per heavy atom. The van der Waals surface area contributed by atoms with Crippen molar-refractivity contribution in [3.63, 3.8) is 0 Å². The van der Waals surface area contributed by atoms with Crippen LogP contribution in [0, 0.1) is 5.92 Å². The molecule has 2 fully saturated rings. The number of carbonyl (C=O) groups excluding carboxylic acids is 1. The third-order valence-corrected chi connectivity index (χ3v) is 5.06. The smallest absolute Gasteiger partial charge is 0.239 e. The predicted octanol–water partition coefficient (Wildman–Crippen LogP) is 1.32. The van der Waals surface area contributed by atoms with Gasteiger partial charge in [0.1, 0.15) is 0 Å². The lowest BCUT2D eigenvalue weighted by molar-refractivity contribution is -0.135. The van der Waals surface area contributed by atoms with Gasteiger partial charge in [-0.2, -0.15) is 0 Å². The van der Waals surface area contributed by atoms with E-state index in [1.54, 1.807) is 0 Å². The molecule has 2 aliphatic rings. The topological polar surface area (TPSA) is 35.6 Å². The zero-order valence-corrected chi connectivity index (χ0v) is 12.7. The van der Waals surface area contributed by atoms with Crippen molar-refractivity contribution in [2.24, 2.45) is 5.92 Å². The van der Waals surface area contributed by atoms with Crippen molar-refractivity contribution >= 4 is 5.91 Å². The van der Waals surface area contributed by atoms with Gasteiger partial charge in [-0.25, -0.2) is 0 Å². The molecule has 2 heterocycles. The Hall–Kier alpha value is -0.610. The molecule has 0 bridgehead atoms. The molecular weight excluding hydrogens is 238 g/mol. The molecule has 0 radical (unpaired) electrons. The summed E-state index contributed by atoms with van der Waals surface area (Å²) >= 11 is 0. The van der Waals surface area contributed by atoms with E-state index in [0.717, 1.165) is 32.1 Å². The molecule has 110 valence electrons. The second kappa shape index (κ2) is 6.71. The fourth-order valence-corrected chi connectivity index (χ4v) is 3.40. The molecule has 1 N–H and O–H groups in total. The van der Waals surface area contributed by atoms with Crippen molar-refractivity contribution in [2.75, 3.05) is 33.2 Å². The van der Waals surface area contributed by atoms with Crippen LogP contribution in [0.3, 0.4) is 0 Å². The first-order chi connectivity index (χ1) is 9.13. The maximum atomic E-state index is 12.4. The number of amides is 1. The van der Waals surface area contributed by atoms with Gasteiger partial charge in [-0.3, -0.25) is 9.69 Å². The standard InChI is InChI=1S/C15H29N3O/c1-12(16-3)14-6-10-17(11-7-14)13(2)15(19)18-8-4-5-9-18/h12-14,16H,4-11H2,1-3H3. The van der Waals surface area contributed by atoms with Crippen molar-refractivity contribution in [3.8, 4) is 0 Å². The number of nitrogens with zero attached hydrogens (tertiary/aromatic N) is 2. The number of piperidine rings is 1. The summed E-state index contributed by atoms with van der Waals surface area (Å²) in [5.41, 5.74) is 0. The minimum Gasteiger partial charge on any atom is -0.341 e. The van der Waals surface area contributed by atoms with E-state index in [4.69, 9.17) is 0 Å². The van der Waals surface area contributed by atoms with Crippen LogP contribution in [0.1, 0.15) is 39.5 Å². The Morgan fingerprint density at radius 1 is 1.11 bits per heavy atom. The highest BCUT2D eigenvalue weighted by Crippen LogP contribution is 2.23. The third-order valence-electron chi connectivity index (χ3n) is 5.06. The van der Waals surface area contributed by atoms with Crippen LogP contribution in [0.4, 0.5) is 0 Å². The summed E-state index contributed by atoms with van der Waals surface area (Å²) < 4.78 is 0. The first-order valence-electron chi connectivity index (χ1n) is 7.83. The zero-order chi connectivity index (χ0) is 13.8. The van der Waals surface area contributed by atoms with Crippen LogP contribution in [-0.2, 0) is 4.79 Å². The maximum absolute atomic E-state index is 12.4. The van der Waals surface area contributed by atoms with Crippen molar-refractivity contribution in [3.05, 3.63) is 0 Å². The first kappa shape index (κ1) is 14.8. The average Bonchev–Trinajstić information content (AvgIpc) is 2.99. The van der Waals surface area contributed by atoms with Crippen LogP contribution in [0.15, 0.2) is 0 Å². The number of likely N-dealkylation sites (tertiary alicyclic amines) is 2. The highest BCUT2D eigenvalue weighted by molar-refractivity contribution is 5.81. The highest BCUT2D eigenvalue weighted by Gasteiger charge is 2.31. The molecule has 4 nitrogen and oxygen atoms in total. The van der Waals surface area contributed by atoms with Crippen molar-refractivity contribution < 1.29 is 4.79 Å². The Morgan fingerprint density at radius 3 is 2.21 bits per heavy atom. The summed E-state index contributed by atoms with van der Waals surface area (Å²) in [6.07, 6.45) is 4.78. The molecule has 1 amide bonds. The lowest BCUT2D eigenvalue weighted by atomic mass is 9.90. The SMILES string of the molecule is CNC(C)C1CCN(C(C)C(=O)N2CCCC2)CC1. The van der Waals surface area contributed by atoms with Gasteiger partial charge in [0.2, 0.25) is 5.91 Å². The summed E-state index contributed by atoms with van der Waals surface area (Å²) in [6, 6.07) is 0.663. The van der Waals surface area contributed by atoms with Crippen molar-refractivity contribution in [1.82, 2.24) is 15.1 Å². The van der Waals surface area contributed by atoms with Gasteiger partial charge in [0, 0.05) is 19.1 Å². The number of nitrogens with one attached hydrogen (secondary N) is 1. The van der Waals surface area contributed by atoms with Gasteiger partial charge in [0.05, 0.1) is 6.04 Å². The third kappa shape index (κ3) is 3.48. The first-order valence-corrected chi connectivity index (χ1v) is 7.83. The van der Waals surface area contributed by atoms with Crippen LogP contribution in [0.2, 0.25) is 0 Å². The number of hydrogen-bond acceptors (Lipinski definition) is 3. The molecule has 0 aromatic heterocycles. The summed E-state index contributed by atoms with van der Waals surface area (Å²) in [5.74, 6) is 1.10. The van der Waals surface area contributed by atoms with Gasteiger partial charge in [0.25, 0.3) is 0 Å². The van der Waals surface area contributed by atoms with Gasteiger partial charge < -0.3 is 10.2 Å². The monoisotopic (exact) mass is 267 g/mol. The van der Waals surface area contributed by atoms with E-state index in [9.17, 15) is 4.79 Å². The molecule has 2 rings (SSSR count). The van der Waals surface area contributed by atoms with E-state index >= 15 is 0 Å². The average molecular weight is 267 g/mol. The second-order valence-electron chi connectivity index (χ2n) is 6.16. The van der Waals surface area contributed by atoms with Gasteiger partial charge in [-0.1, -0.05) is 0 Å². The molecule has 19 heavy (non-hydrogen) atoms. The van der Waals surface area contributed by atoms with Crippen LogP contribution in [0.25, 0.3) is 0 Å². The second-order valence-corrected chi connectivity index (χ2v) is 6.16. The summed E-state index contributed by atoms with van der Waals surface area (Å²) in [6.45, 7) is 8.42. The number of rotatable bonds is 4. The van der Waals surface area contributed by atoms with Gasteiger partial charge in [0.15, 0.2) is 0 Å². The molecule has 0 aliphatic carbocycles.